The normalized spacial score (nSPS) is 13.5. The summed E-state index contributed by atoms with van der Waals surface area (Å²) in [5.41, 5.74) is 3.03. The first-order valence-corrected chi connectivity index (χ1v) is 10.2. The number of pyridine rings is 1. The predicted molar refractivity (Wildman–Crippen MR) is 119 cm³/mol. The molecule has 5 rings (SSSR count). The lowest BCUT2D eigenvalue weighted by Crippen LogP contribution is -2.18. The van der Waals surface area contributed by atoms with Gasteiger partial charge in [0.15, 0.2) is 0 Å². The second-order valence-corrected chi connectivity index (χ2v) is 7.53. The molecule has 0 aliphatic carbocycles. The lowest BCUT2D eigenvalue weighted by atomic mass is 10.1. The first-order chi connectivity index (χ1) is 15.2. The lowest BCUT2D eigenvalue weighted by molar-refractivity contribution is 0.101. The summed E-state index contributed by atoms with van der Waals surface area (Å²) >= 11 is 0. The smallest absolute Gasteiger partial charge is 0.293 e. The van der Waals surface area contributed by atoms with Crippen molar-refractivity contribution in [3.05, 3.63) is 78.6 Å². The van der Waals surface area contributed by atoms with Gasteiger partial charge in [-0.25, -0.2) is 19.3 Å². The molecule has 154 valence electrons. The average molecular weight is 413 g/mol. The van der Waals surface area contributed by atoms with Crippen molar-refractivity contribution in [2.45, 2.75) is 12.8 Å². The van der Waals surface area contributed by atoms with Crippen molar-refractivity contribution >= 4 is 28.3 Å². The fraction of sp³-hybridized carbons (Fsp3) is 0.167. The van der Waals surface area contributed by atoms with E-state index < -0.39 is 5.91 Å². The molecule has 31 heavy (non-hydrogen) atoms. The Balaban J connectivity index is 1.31. The second-order valence-electron chi connectivity index (χ2n) is 7.53. The minimum Gasteiger partial charge on any atom is -0.357 e. The molecule has 1 saturated heterocycles. The van der Waals surface area contributed by atoms with Crippen LogP contribution in [0, 0.1) is 5.82 Å². The van der Waals surface area contributed by atoms with E-state index in [2.05, 4.69) is 20.2 Å². The Morgan fingerprint density at radius 3 is 2.39 bits per heavy atom. The zero-order valence-corrected chi connectivity index (χ0v) is 16.8. The van der Waals surface area contributed by atoms with Crippen LogP contribution in [-0.2, 0) is 0 Å². The topological polar surface area (TPSA) is 71.0 Å². The average Bonchev–Trinajstić information content (AvgIpc) is 3.34. The number of hydrogen-bond donors (Lipinski definition) is 1. The van der Waals surface area contributed by atoms with E-state index in [1.165, 1.54) is 25.0 Å². The first kappa shape index (κ1) is 19.1. The Bertz CT molecular complexity index is 1240. The molecular formula is C24H20FN5O. The molecule has 1 N–H and O–H groups in total. The summed E-state index contributed by atoms with van der Waals surface area (Å²) in [6, 6.07) is 15.7. The number of amides is 1. The maximum Gasteiger partial charge on any atom is 0.293 e. The summed E-state index contributed by atoms with van der Waals surface area (Å²) in [7, 11) is 0. The van der Waals surface area contributed by atoms with Crippen LogP contribution in [0.15, 0.2) is 67.0 Å². The molecule has 2 aromatic heterocycles. The zero-order chi connectivity index (χ0) is 21.2. The van der Waals surface area contributed by atoms with Crippen LogP contribution < -0.4 is 10.2 Å². The monoisotopic (exact) mass is 413 g/mol. The van der Waals surface area contributed by atoms with Gasteiger partial charge in [-0.3, -0.25) is 4.79 Å². The van der Waals surface area contributed by atoms with Gasteiger partial charge >= 0.3 is 0 Å². The number of nitrogens with zero attached hydrogens (tertiary/aromatic N) is 4. The predicted octanol–water partition coefficient (Wildman–Crippen LogP) is 4.68. The molecule has 3 heterocycles. The molecule has 0 atom stereocenters. The van der Waals surface area contributed by atoms with E-state index in [1.54, 1.807) is 24.5 Å². The highest BCUT2D eigenvalue weighted by atomic mass is 19.1. The van der Waals surface area contributed by atoms with Gasteiger partial charge in [0.1, 0.15) is 11.6 Å². The third-order valence-corrected chi connectivity index (χ3v) is 5.39. The molecule has 1 aliphatic rings. The van der Waals surface area contributed by atoms with E-state index in [0.717, 1.165) is 35.4 Å². The van der Waals surface area contributed by atoms with Gasteiger partial charge in [-0.1, -0.05) is 12.1 Å². The standard InChI is InChI=1S/C24H20FN5O/c25-19-6-3-16(4-7-19)18-14-26-23(27-15-18)24(31)28-20-8-9-21-17(13-20)5-10-22(29-21)30-11-1-2-12-30/h3-10,13-15H,1-2,11-12H2,(H,28,31). The maximum absolute atomic E-state index is 13.1. The third kappa shape index (κ3) is 4.07. The minimum absolute atomic E-state index is 0.0634. The van der Waals surface area contributed by atoms with Crippen LogP contribution in [0.3, 0.4) is 0 Å². The number of fused-ring (bicyclic) bond motifs is 1. The van der Waals surface area contributed by atoms with E-state index >= 15 is 0 Å². The molecular weight excluding hydrogens is 393 g/mol. The highest BCUT2D eigenvalue weighted by Gasteiger charge is 2.14. The molecule has 7 heteroatoms. The van der Waals surface area contributed by atoms with Crippen LogP contribution in [0.2, 0.25) is 0 Å². The highest BCUT2D eigenvalue weighted by Crippen LogP contribution is 2.24. The highest BCUT2D eigenvalue weighted by molar-refractivity contribution is 6.02. The van der Waals surface area contributed by atoms with Crippen molar-refractivity contribution in [3.8, 4) is 11.1 Å². The minimum atomic E-state index is -0.397. The van der Waals surface area contributed by atoms with E-state index in [0.29, 0.717) is 11.3 Å². The molecule has 0 spiro atoms. The van der Waals surface area contributed by atoms with Gasteiger partial charge in [0.2, 0.25) is 5.82 Å². The van der Waals surface area contributed by atoms with Gasteiger partial charge in [0.05, 0.1) is 5.52 Å². The van der Waals surface area contributed by atoms with Crippen LogP contribution in [0.25, 0.3) is 22.0 Å². The Hall–Kier alpha value is -3.87. The molecule has 1 aliphatic heterocycles. The van der Waals surface area contributed by atoms with Gasteiger partial charge in [-0.2, -0.15) is 0 Å². The molecule has 6 nitrogen and oxygen atoms in total. The van der Waals surface area contributed by atoms with E-state index in [-0.39, 0.29) is 11.6 Å². The second kappa shape index (κ2) is 8.10. The zero-order valence-electron chi connectivity index (χ0n) is 16.8. The number of aromatic nitrogens is 3. The number of carbonyl (C=O) groups excluding carboxylic acids is 1. The Labute approximate surface area is 178 Å². The van der Waals surface area contributed by atoms with Crippen LogP contribution in [0.4, 0.5) is 15.9 Å². The number of anilines is 2. The van der Waals surface area contributed by atoms with E-state index in [9.17, 15) is 9.18 Å². The molecule has 0 radical (unpaired) electrons. The van der Waals surface area contributed by atoms with Gasteiger partial charge < -0.3 is 10.2 Å². The van der Waals surface area contributed by atoms with Crippen molar-refractivity contribution in [3.63, 3.8) is 0 Å². The van der Waals surface area contributed by atoms with Gasteiger partial charge in [0, 0.05) is 42.1 Å². The van der Waals surface area contributed by atoms with Gasteiger partial charge in [0.25, 0.3) is 5.91 Å². The summed E-state index contributed by atoms with van der Waals surface area (Å²) in [5, 5.41) is 3.79. The molecule has 1 amide bonds. The molecule has 0 unspecified atom stereocenters. The summed E-state index contributed by atoms with van der Waals surface area (Å²) in [5.74, 6) is 0.357. The number of rotatable bonds is 4. The fourth-order valence-corrected chi connectivity index (χ4v) is 3.74. The van der Waals surface area contributed by atoms with Crippen LogP contribution in [0.1, 0.15) is 23.5 Å². The molecule has 1 fully saturated rings. The lowest BCUT2D eigenvalue weighted by Gasteiger charge is -2.16. The van der Waals surface area contributed by atoms with Crippen LogP contribution in [-0.4, -0.2) is 33.9 Å². The Morgan fingerprint density at radius 1 is 0.903 bits per heavy atom. The molecule has 0 saturated carbocycles. The molecule has 2 aromatic carbocycles. The van der Waals surface area contributed by atoms with Crippen molar-refractivity contribution in [2.75, 3.05) is 23.3 Å². The van der Waals surface area contributed by atoms with Gasteiger partial charge in [-0.05, 0) is 60.9 Å². The van der Waals surface area contributed by atoms with E-state index in [1.807, 2.05) is 30.3 Å². The molecule has 0 bridgehead atoms. The summed E-state index contributed by atoms with van der Waals surface area (Å²) < 4.78 is 13.1. The van der Waals surface area contributed by atoms with Gasteiger partial charge in [-0.15, -0.1) is 0 Å². The van der Waals surface area contributed by atoms with Crippen molar-refractivity contribution in [1.29, 1.82) is 0 Å². The third-order valence-electron chi connectivity index (χ3n) is 5.39. The number of carbonyl (C=O) groups is 1. The SMILES string of the molecule is O=C(Nc1ccc2nc(N3CCCC3)ccc2c1)c1ncc(-c2ccc(F)cc2)cn1. The van der Waals surface area contributed by atoms with Crippen LogP contribution >= 0.6 is 0 Å². The quantitative estimate of drug-likeness (QED) is 0.526. The Morgan fingerprint density at radius 2 is 1.65 bits per heavy atom. The van der Waals surface area contributed by atoms with Crippen molar-refractivity contribution in [1.82, 2.24) is 15.0 Å². The summed E-state index contributed by atoms with van der Waals surface area (Å²) in [6.45, 7) is 2.10. The first-order valence-electron chi connectivity index (χ1n) is 10.2. The number of hydrogen-bond acceptors (Lipinski definition) is 5. The van der Waals surface area contributed by atoms with Crippen molar-refractivity contribution < 1.29 is 9.18 Å². The number of benzene rings is 2. The Kier molecular flexibility index (Phi) is 5.00. The number of nitrogens with one attached hydrogen (secondary N) is 1. The van der Waals surface area contributed by atoms with Crippen LogP contribution in [0.5, 0.6) is 0 Å². The van der Waals surface area contributed by atoms with E-state index in [4.69, 9.17) is 4.98 Å². The number of halogens is 1. The molecule has 4 aromatic rings. The maximum atomic E-state index is 13.1. The van der Waals surface area contributed by atoms with Crippen molar-refractivity contribution in [2.24, 2.45) is 0 Å². The fourth-order valence-electron chi connectivity index (χ4n) is 3.74. The summed E-state index contributed by atoms with van der Waals surface area (Å²) in [6.07, 6.45) is 5.52. The largest absolute Gasteiger partial charge is 0.357 e. The summed E-state index contributed by atoms with van der Waals surface area (Å²) in [4.78, 5) is 27.9.